The highest BCUT2D eigenvalue weighted by molar-refractivity contribution is 7.90. The Morgan fingerprint density at radius 3 is 2.37 bits per heavy atom. The summed E-state index contributed by atoms with van der Waals surface area (Å²) in [5.74, 6) is -1.54. The first kappa shape index (κ1) is 22.8. The molecule has 3 N–H and O–H groups in total. The summed E-state index contributed by atoms with van der Waals surface area (Å²) in [6, 6.07) is 11.0. The van der Waals surface area contributed by atoms with E-state index in [0.29, 0.717) is 5.02 Å². The van der Waals surface area contributed by atoms with Gasteiger partial charge in [-0.05, 0) is 36.2 Å². The third-order valence-electron chi connectivity index (χ3n) is 3.62. The van der Waals surface area contributed by atoms with Crippen LogP contribution in [-0.4, -0.2) is 25.8 Å². The lowest BCUT2D eigenvalue weighted by Crippen LogP contribution is -2.39. The lowest BCUT2D eigenvalue weighted by atomic mass is 9.99. The minimum atomic E-state index is -4.16. The average molecular weight is 434 g/mol. The summed E-state index contributed by atoms with van der Waals surface area (Å²) < 4.78 is 26.5. The van der Waals surface area contributed by atoms with Crippen molar-refractivity contribution in [1.29, 1.82) is 0 Å². The minimum absolute atomic E-state index is 0. The van der Waals surface area contributed by atoms with E-state index < -0.39 is 26.8 Å². The Balaban J connectivity index is 0.00000364. The number of sulfonamides is 1. The molecule has 0 fully saturated rings. The lowest BCUT2D eigenvalue weighted by molar-refractivity contribution is -0.384. The molecular formula is C16H17Cl2N3O5S. The van der Waals surface area contributed by atoms with E-state index in [0.717, 1.165) is 29.8 Å². The van der Waals surface area contributed by atoms with Gasteiger partial charge in [-0.2, -0.15) is 0 Å². The Morgan fingerprint density at radius 2 is 1.85 bits per heavy atom. The van der Waals surface area contributed by atoms with Crippen LogP contribution in [0.5, 0.6) is 0 Å². The van der Waals surface area contributed by atoms with Crippen LogP contribution in [-0.2, 0) is 21.2 Å². The van der Waals surface area contributed by atoms with Crippen LogP contribution < -0.4 is 10.5 Å². The standard InChI is InChI=1S/C16H16ClN3O5S.ClH/c17-13-3-1-2-11(9-13)8-12(10-18)16(21)19-26(24,25)15-6-4-14(5-7-15)20(22)23;/h1-7,9,12H,8,10,18H2,(H,19,21);1H. The smallest absolute Gasteiger partial charge is 0.269 e. The molecule has 0 heterocycles. The van der Waals surface area contributed by atoms with Crippen LogP contribution >= 0.6 is 24.0 Å². The second kappa shape index (κ2) is 9.65. The van der Waals surface area contributed by atoms with Crippen molar-refractivity contribution < 1.29 is 18.1 Å². The number of nitrogens with one attached hydrogen (secondary N) is 1. The fraction of sp³-hybridized carbons (Fsp3) is 0.188. The number of carbonyl (C=O) groups is 1. The summed E-state index contributed by atoms with van der Waals surface area (Å²) in [6.45, 7) is -0.0614. The molecule has 27 heavy (non-hydrogen) atoms. The average Bonchev–Trinajstić information content (AvgIpc) is 2.59. The maximum atomic E-state index is 12.3. The number of halogens is 2. The van der Waals surface area contributed by atoms with Gasteiger partial charge in [-0.3, -0.25) is 14.9 Å². The molecular weight excluding hydrogens is 417 g/mol. The maximum absolute atomic E-state index is 12.3. The number of hydrogen-bond acceptors (Lipinski definition) is 6. The van der Waals surface area contributed by atoms with E-state index in [1.807, 2.05) is 4.72 Å². The number of nitro groups is 1. The van der Waals surface area contributed by atoms with Crippen molar-refractivity contribution in [2.45, 2.75) is 11.3 Å². The van der Waals surface area contributed by atoms with Crippen LogP contribution in [0, 0.1) is 16.0 Å². The monoisotopic (exact) mass is 433 g/mol. The van der Waals surface area contributed by atoms with Crippen LogP contribution in [0.25, 0.3) is 0 Å². The number of carbonyl (C=O) groups excluding carboxylic acids is 1. The summed E-state index contributed by atoms with van der Waals surface area (Å²) in [7, 11) is -4.16. The first-order valence-corrected chi connectivity index (χ1v) is 9.34. The fourth-order valence-electron chi connectivity index (χ4n) is 2.25. The second-order valence-electron chi connectivity index (χ2n) is 5.49. The van der Waals surface area contributed by atoms with E-state index in [1.54, 1.807) is 24.3 Å². The Labute approximate surface area is 167 Å². The summed E-state index contributed by atoms with van der Waals surface area (Å²) >= 11 is 5.90. The van der Waals surface area contributed by atoms with Crippen molar-refractivity contribution in [2.75, 3.05) is 6.54 Å². The molecule has 0 aliphatic carbocycles. The third kappa shape index (κ3) is 6.17. The zero-order valence-corrected chi connectivity index (χ0v) is 16.3. The van der Waals surface area contributed by atoms with Gasteiger partial charge in [-0.15, -0.1) is 12.4 Å². The van der Waals surface area contributed by atoms with Crippen molar-refractivity contribution >= 4 is 45.6 Å². The third-order valence-corrected chi connectivity index (χ3v) is 5.22. The number of amides is 1. The maximum Gasteiger partial charge on any atom is 0.269 e. The zero-order chi connectivity index (χ0) is 19.3. The van der Waals surface area contributed by atoms with Crippen LogP contribution in [0.15, 0.2) is 53.4 Å². The van der Waals surface area contributed by atoms with Gasteiger partial charge in [0.1, 0.15) is 0 Å². The summed E-state index contributed by atoms with van der Waals surface area (Å²) in [5.41, 5.74) is 6.10. The van der Waals surface area contributed by atoms with E-state index in [-0.39, 0.29) is 36.0 Å². The van der Waals surface area contributed by atoms with Gasteiger partial charge in [0.05, 0.1) is 15.7 Å². The van der Waals surface area contributed by atoms with Crippen LogP contribution in [0.2, 0.25) is 5.02 Å². The SMILES string of the molecule is Cl.NCC(Cc1cccc(Cl)c1)C(=O)NS(=O)(=O)c1ccc([N+](=O)[O-])cc1. The van der Waals surface area contributed by atoms with Crippen LogP contribution in [0.3, 0.4) is 0 Å². The van der Waals surface area contributed by atoms with Gasteiger partial charge in [0.15, 0.2) is 0 Å². The van der Waals surface area contributed by atoms with E-state index >= 15 is 0 Å². The molecule has 8 nitrogen and oxygen atoms in total. The van der Waals surface area contributed by atoms with Crippen molar-refractivity contribution in [3.05, 3.63) is 69.2 Å². The quantitative estimate of drug-likeness (QED) is 0.508. The molecule has 0 bridgehead atoms. The van der Waals surface area contributed by atoms with Gasteiger partial charge in [-0.1, -0.05) is 23.7 Å². The number of non-ortho nitro benzene ring substituents is 1. The topological polar surface area (TPSA) is 132 Å². The minimum Gasteiger partial charge on any atom is -0.330 e. The van der Waals surface area contributed by atoms with Gasteiger partial charge in [0, 0.05) is 23.7 Å². The number of rotatable bonds is 7. The summed E-state index contributed by atoms with van der Waals surface area (Å²) in [6.07, 6.45) is 0.221. The molecule has 11 heteroatoms. The molecule has 0 saturated heterocycles. The molecule has 0 aliphatic rings. The molecule has 1 atom stereocenters. The molecule has 1 amide bonds. The second-order valence-corrected chi connectivity index (χ2v) is 7.61. The van der Waals surface area contributed by atoms with Crippen molar-refractivity contribution in [3.63, 3.8) is 0 Å². The van der Waals surface area contributed by atoms with Crippen LogP contribution in [0.1, 0.15) is 5.56 Å². The molecule has 2 aromatic rings. The van der Waals surface area contributed by atoms with E-state index in [4.69, 9.17) is 17.3 Å². The lowest BCUT2D eigenvalue weighted by Gasteiger charge is -2.15. The predicted octanol–water partition coefficient (Wildman–Crippen LogP) is 2.29. The highest BCUT2D eigenvalue weighted by Gasteiger charge is 2.24. The molecule has 146 valence electrons. The van der Waals surface area contributed by atoms with Gasteiger partial charge in [0.25, 0.3) is 15.7 Å². The highest BCUT2D eigenvalue weighted by atomic mass is 35.5. The fourth-order valence-corrected chi connectivity index (χ4v) is 3.51. The van der Waals surface area contributed by atoms with Crippen molar-refractivity contribution in [3.8, 4) is 0 Å². The summed E-state index contributed by atoms with van der Waals surface area (Å²) in [4.78, 5) is 22.0. The van der Waals surface area contributed by atoms with Gasteiger partial charge in [-0.25, -0.2) is 13.1 Å². The first-order valence-electron chi connectivity index (χ1n) is 7.48. The summed E-state index contributed by atoms with van der Waals surface area (Å²) in [5, 5.41) is 11.1. The van der Waals surface area contributed by atoms with Gasteiger partial charge in [0.2, 0.25) is 5.91 Å². The van der Waals surface area contributed by atoms with Crippen LogP contribution in [0.4, 0.5) is 5.69 Å². The van der Waals surface area contributed by atoms with E-state index in [1.165, 1.54) is 0 Å². The predicted molar refractivity (Wildman–Crippen MR) is 103 cm³/mol. The van der Waals surface area contributed by atoms with E-state index in [9.17, 15) is 23.3 Å². The Morgan fingerprint density at radius 1 is 1.22 bits per heavy atom. The first-order chi connectivity index (χ1) is 12.2. The number of nitrogens with zero attached hydrogens (tertiary/aromatic N) is 1. The molecule has 0 saturated carbocycles. The van der Waals surface area contributed by atoms with Crippen molar-refractivity contribution in [2.24, 2.45) is 11.7 Å². The van der Waals surface area contributed by atoms with E-state index in [2.05, 4.69) is 0 Å². The number of nitrogens with two attached hydrogens (primary N) is 1. The molecule has 0 spiro atoms. The van der Waals surface area contributed by atoms with Crippen molar-refractivity contribution in [1.82, 2.24) is 4.72 Å². The highest BCUT2D eigenvalue weighted by Crippen LogP contribution is 2.17. The zero-order valence-electron chi connectivity index (χ0n) is 13.9. The molecule has 2 rings (SSSR count). The number of benzene rings is 2. The Hall–Kier alpha value is -2.20. The number of hydrogen-bond donors (Lipinski definition) is 2. The molecule has 0 aliphatic heterocycles. The molecule has 0 radical (unpaired) electrons. The Bertz CT molecular complexity index is 920. The molecule has 2 aromatic carbocycles. The molecule has 1 unspecified atom stereocenters. The molecule has 0 aromatic heterocycles. The van der Waals surface area contributed by atoms with Gasteiger partial charge < -0.3 is 5.73 Å². The number of nitro benzene ring substituents is 1. The Kier molecular flexibility index (Phi) is 8.17. The van der Waals surface area contributed by atoms with Gasteiger partial charge >= 0.3 is 0 Å². The largest absolute Gasteiger partial charge is 0.330 e. The normalized spacial score (nSPS) is 11.9.